The van der Waals surface area contributed by atoms with Gasteiger partial charge in [-0.2, -0.15) is 5.10 Å². The van der Waals surface area contributed by atoms with Gasteiger partial charge >= 0.3 is 0 Å². The smallest absolute Gasteiger partial charge is 0.220 e. The van der Waals surface area contributed by atoms with Crippen molar-refractivity contribution in [2.24, 2.45) is 0 Å². The molecule has 1 N–H and O–H groups in total. The number of hydrogen-bond acceptors (Lipinski definition) is 4. The maximum Gasteiger partial charge on any atom is 0.220 e. The molecule has 1 saturated carbocycles. The summed E-state index contributed by atoms with van der Waals surface area (Å²) in [5.41, 5.74) is 3.04. The third kappa shape index (κ3) is 3.03. The summed E-state index contributed by atoms with van der Waals surface area (Å²) in [7, 11) is 0. The van der Waals surface area contributed by atoms with Crippen molar-refractivity contribution in [3.05, 3.63) is 54.4 Å². The zero-order chi connectivity index (χ0) is 18.4. The molecule has 4 aromatic rings. The van der Waals surface area contributed by atoms with Gasteiger partial charge in [0.1, 0.15) is 17.2 Å². The number of carbonyl (C=O) groups excluding carboxylic acids is 1. The van der Waals surface area contributed by atoms with Gasteiger partial charge in [-0.15, -0.1) is 10.2 Å². The zero-order valence-corrected chi connectivity index (χ0v) is 14.5. The van der Waals surface area contributed by atoms with Crippen LogP contribution in [0.5, 0.6) is 0 Å². The van der Waals surface area contributed by atoms with Crippen LogP contribution in [0.25, 0.3) is 22.4 Å². The molecule has 1 fully saturated rings. The Morgan fingerprint density at radius 2 is 2.00 bits per heavy atom. The van der Waals surface area contributed by atoms with E-state index < -0.39 is 0 Å². The molecule has 1 aromatic carbocycles. The van der Waals surface area contributed by atoms with Crippen LogP contribution >= 0.6 is 0 Å². The fourth-order valence-corrected chi connectivity index (χ4v) is 3.14. The van der Waals surface area contributed by atoms with E-state index in [2.05, 4.69) is 20.6 Å². The standard InChI is InChI=1S/C19H17FN6O/c20-13-3-1-12(2-4-13)15-11-16-19-23-22-17(25(19)9-10-26(16)24-15)7-8-18(27)21-14-5-6-14/h1-4,9-11,14H,5-8H2,(H,21,27). The molecule has 7 nitrogen and oxygen atoms in total. The summed E-state index contributed by atoms with van der Waals surface area (Å²) >= 11 is 0. The van der Waals surface area contributed by atoms with Crippen molar-refractivity contribution in [1.29, 1.82) is 0 Å². The van der Waals surface area contributed by atoms with E-state index in [-0.39, 0.29) is 11.7 Å². The van der Waals surface area contributed by atoms with E-state index in [1.165, 1.54) is 12.1 Å². The highest BCUT2D eigenvalue weighted by Gasteiger charge is 2.23. The second kappa shape index (κ2) is 6.15. The number of halogens is 1. The first-order valence-corrected chi connectivity index (χ1v) is 8.95. The molecule has 8 heteroatoms. The number of aromatic nitrogens is 5. The molecular weight excluding hydrogens is 347 g/mol. The van der Waals surface area contributed by atoms with Crippen molar-refractivity contribution >= 4 is 17.1 Å². The van der Waals surface area contributed by atoms with Crippen molar-refractivity contribution in [2.75, 3.05) is 0 Å². The highest BCUT2D eigenvalue weighted by atomic mass is 19.1. The third-order valence-electron chi connectivity index (χ3n) is 4.75. The van der Waals surface area contributed by atoms with Crippen molar-refractivity contribution in [3.8, 4) is 11.3 Å². The first-order valence-electron chi connectivity index (χ1n) is 8.95. The monoisotopic (exact) mass is 364 g/mol. The highest BCUT2D eigenvalue weighted by molar-refractivity contribution is 5.78. The first kappa shape index (κ1) is 15.9. The molecule has 3 aromatic heterocycles. The van der Waals surface area contributed by atoms with Crippen molar-refractivity contribution in [2.45, 2.75) is 31.7 Å². The number of aryl methyl sites for hydroxylation is 1. The van der Waals surface area contributed by atoms with Gasteiger partial charge in [-0.3, -0.25) is 9.20 Å². The lowest BCUT2D eigenvalue weighted by Gasteiger charge is -2.02. The van der Waals surface area contributed by atoms with E-state index in [0.29, 0.717) is 24.5 Å². The number of fused-ring (bicyclic) bond motifs is 3. The van der Waals surface area contributed by atoms with E-state index >= 15 is 0 Å². The predicted octanol–water partition coefficient (Wildman–Crippen LogP) is 2.39. The number of amides is 1. The average molecular weight is 364 g/mol. The van der Waals surface area contributed by atoms with Crippen molar-refractivity contribution in [1.82, 2.24) is 29.5 Å². The second-order valence-corrected chi connectivity index (χ2v) is 6.82. The maximum absolute atomic E-state index is 13.1. The van der Waals surface area contributed by atoms with Crippen molar-refractivity contribution < 1.29 is 9.18 Å². The van der Waals surface area contributed by atoms with Crippen LogP contribution in [0.2, 0.25) is 0 Å². The largest absolute Gasteiger partial charge is 0.353 e. The van der Waals surface area contributed by atoms with Gasteiger partial charge in [0.2, 0.25) is 5.91 Å². The lowest BCUT2D eigenvalue weighted by atomic mass is 10.1. The minimum atomic E-state index is -0.280. The summed E-state index contributed by atoms with van der Waals surface area (Å²) < 4.78 is 16.8. The molecule has 0 aliphatic heterocycles. The molecule has 0 spiro atoms. The minimum absolute atomic E-state index is 0.0540. The fraction of sp³-hybridized carbons (Fsp3) is 0.263. The normalized spacial score (nSPS) is 14.1. The molecule has 136 valence electrons. The van der Waals surface area contributed by atoms with E-state index in [1.807, 2.05) is 22.9 Å². The van der Waals surface area contributed by atoms with Gasteiger partial charge in [-0.25, -0.2) is 8.91 Å². The lowest BCUT2D eigenvalue weighted by Crippen LogP contribution is -2.25. The van der Waals surface area contributed by atoms with E-state index in [0.717, 1.165) is 35.4 Å². The number of hydrogen-bond donors (Lipinski definition) is 1. The molecular formula is C19H17FN6O. The molecule has 1 amide bonds. The van der Waals surface area contributed by atoms with Gasteiger partial charge in [-0.05, 0) is 43.2 Å². The summed E-state index contributed by atoms with van der Waals surface area (Å²) in [5.74, 6) is 0.513. The van der Waals surface area contributed by atoms with Crippen LogP contribution in [0.3, 0.4) is 0 Å². The summed E-state index contributed by atoms with van der Waals surface area (Å²) in [6.45, 7) is 0. The van der Waals surface area contributed by atoms with Gasteiger partial charge in [-0.1, -0.05) is 0 Å². The van der Waals surface area contributed by atoms with Gasteiger partial charge in [0.05, 0.1) is 5.69 Å². The summed E-state index contributed by atoms with van der Waals surface area (Å²) in [4.78, 5) is 11.9. The van der Waals surface area contributed by atoms with Crippen LogP contribution in [0, 0.1) is 5.82 Å². The van der Waals surface area contributed by atoms with Gasteiger partial charge in [0, 0.05) is 36.8 Å². The first-order chi connectivity index (χ1) is 13.2. The molecule has 3 heterocycles. The fourth-order valence-electron chi connectivity index (χ4n) is 3.14. The maximum atomic E-state index is 13.1. The van der Waals surface area contributed by atoms with Gasteiger partial charge < -0.3 is 5.32 Å². The summed E-state index contributed by atoms with van der Waals surface area (Å²) in [6, 6.07) is 8.49. The Hall–Kier alpha value is -3.29. The highest BCUT2D eigenvalue weighted by Crippen LogP contribution is 2.22. The molecule has 5 rings (SSSR count). The summed E-state index contributed by atoms with van der Waals surface area (Å²) in [5, 5.41) is 16.0. The van der Waals surface area contributed by atoms with Gasteiger partial charge in [0.15, 0.2) is 5.65 Å². The third-order valence-corrected chi connectivity index (χ3v) is 4.75. The Morgan fingerprint density at radius 3 is 2.78 bits per heavy atom. The van der Waals surface area contributed by atoms with E-state index in [9.17, 15) is 9.18 Å². The second-order valence-electron chi connectivity index (χ2n) is 6.82. The molecule has 1 aliphatic rings. The Bertz CT molecular complexity index is 1140. The number of nitrogens with one attached hydrogen (secondary N) is 1. The molecule has 0 unspecified atom stereocenters. The van der Waals surface area contributed by atoms with Crippen LogP contribution in [-0.4, -0.2) is 36.2 Å². The molecule has 0 saturated heterocycles. The van der Waals surface area contributed by atoms with Crippen LogP contribution in [0.1, 0.15) is 25.1 Å². The minimum Gasteiger partial charge on any atom is -0.353 e. The quantitative estimate of drug-likeness (QED) is 0.590. The van der Waals surface area contributed by atoms with Crippen LogP contribution in [0.4, 0.5) is 4.39 Å². The van der Waals surface area contributed by atoms with E-state index in [4.69, 9.17) is 0 Å². The predicted molar refractivity (Wildman–Crippen MR) is 96.6 cm³/mol. The molecule has 0 atom stereocenters. The Morgan fingerprint density at radius 1 is 1.19 bits per heavy atom. The number of nitrogens with zero attached hydrogens (tertiary/aromatic N) is 5. The van der Waals surface area contributed by atoms with Crippen LogP contribution in [-0.2, 0) is 11.2 Å². The average Bonchev–Trinajstić information content (AvgIpc) is 3.21. The molecule has 27 heavy (non-hydrogen) atoms. The SMILES string of the molecule is O=C(CCc1nnc2c3cc(-c4ccc(F)cc4)nn3ccn12)NC1CC1. The van der Waals surface area contributed by atoms with E-state index in [1.54, 1.807) is 16.6 Å². The number of rotatable bonds is 5. The molecule has 0 bridgehead atoms. The van der Waals surface area contributed by atoms with Gasteiger partial charge in [0.25, 0.3) is 0 Å². The zero-order valence-electron chi connectivity index (χ0n) is 14.5. The topological polar surface area (TPSA) is 76.6 Å². The molecule has 1 aliphatic carbocycles. The van der Waals surface area contributed by atoms with Crippen molar-refractivity contribution in [3.63, 3.8) is 0 Å². The van der Waals surface area contributed by atoms with Crippen LogP contribution < -0.4 is 5.32 Å². The Balaban J connectivity index is 1.45. The summed E-state index contributed by atoms with van der Waals surface area (Å²) in [6.07, 6.45) is 6.74. The lowest BCUT2D eigenvalue weighted by molar-refractivity contribution is -0.121. The van der Waals surface area contributed by atoms with Crippen LogP contribution in [0.15, 0.2) is 42.7 Å². The Labute approximate surface area is 153 Å². The Kier molecular flexibility index (Phi) is 3.63. The number of benzene rings is 1. The molecule has 0 radical (unpaired) electrons. The number of carbonyl (C=O) groups is 1.